The van der Waals surface area contributed by atoms with E-state index in [2.05, 4.69) is 20.5 Å². The maximum Gasteiger partial charge on any atom is 0.292 e. The second kappa shape index (κ2) is 5.24. The quantitative estimate of drug-likeness (QED) is 0.773. The van der Waals surface area contributed by atoms with Gasteiger partial charge < -0.3 is 9.73 Å². The van der Waals surface area contributed by atoms with Crippen LogP contribution in [0.15, 0.2) is 41.3 Å². The first kappa shape index (κ1) is 13.1. The molecular formula is C15H14N4O2. The normalized spacial score (nSPS) is 10.6. The molecule has 0 saturated heterocycles. The van der Waals surface area contributed by atoms with Crippen molar-refractivity contribution in [1.82, 2.24) is 15.2 Å². The number of hydrogen-bond donors (Lipinski definition) is 2. The fraction of sp³-hybridized carbons (Fsp3) is 0.133. The summed E-state index contributed by atoms with van der Waals surface area (Å²) in [6, 6.07) is 5.50. The summed E-state index contributed by atoms with van der Waals surface area (Å²) in [6.45, 7) is 3.71. The molecule has 21 heavy (non-hydrogen) atoms. The van der Waals surface area contributed by atoms with E-state index in [9.17, 15) is 4.79 Å². The number of amides is 1. The summed E-state index contributed by atoms with van der Waals surface area (Å²) >= 11 is 0. The first-order valence-corrected chi connectivity index (χ1v) is 6.47. The molecule has 0 aromatic carbocycles. The number of aryl methyl sites for hydroxylation is 1. The van der Waals surface area contributed by atoms with Gasteiger partial charge in [-0.05, 0) is 32.0 Å². The van der Waals surface area contributed by atoms with Crippen molar-refractivity contribution in [2.75, 3.05) is 5.32 Å². The van der Waals surface area contributed by atoms with E-state index in [1.165, 1.54) is 6.26 Å². The highest BCUT2D eigenvalue weighted by atomic mass is 16.3. The van der Waals surface area contributed by atoms with E-state index >= 15 is 0 Å². The largest absolute Gasteiger partial charge is 0.459 e. The Bertz CT molecular complexity index is 774. The van der Waals surface area contributed by atoms with Gasteiger partial charge in [0.25, 0.3) is 5.91 Å². The smallest absolute Gasteiger partial charge is 0.292 e. The molecule has 0 aliphatic rings. The second-order valence-electron chi connectivity index (χ2n) is 4.69. The van der Waals surface area contributed by atoms with Gasteiger partial charge >= 0.3 is 0 Å². The highest BCUT2D eigenvalue weighted by Crippen LogP contribution is 2.25. The molecule has 0 saturated carbocycles. The lowest BCUT2D eigenvalue weighted by molar-refractivity contribution is 0.0995. The van der Waals surface area contributed by atoms with Crippen LogP contribution in [0.2, 0.25) is 0 Å². The summed E-state index contributed by atoms with van der Waals surface area (Å²) < 4.78 is 5.17. The zero-order chi connectivity index (χ0) is 14.8. The number of hydrogen-bond acceptors (Lipinski definition) is 4. The minimum absolute atomic E-state index is 0.294. The summed E-state index contributed by atoms with van der Waals surface area (Å²) in [5, 5.41) is 9.84. The molecular weight excluding hydrogens is 268 g/mol. The van der Waals surface area contributed by atoms with Crippen molar-refractivity contribution in [3.8, 4) is 11.3 Å². The number of carbonyl (C=O) groups is 1. The third-order valence-electron chi connectivity index (χ3n) is 3.28. The zero-order valence-corrected chi connectivity index (χ0v) is 11.7. The molecule has 0 spiro atoms. The van der Waals surface area contributed by atoms with Crippen LogP contribution in [0.25, 0.3) is 11.3 Å². The molecule has 3 heterocycles. The number of H-pyrrole nitrogens is 1. The van der Waals surface area contributed by atoms with Crippen LogP contribution in [0.1, 0.15) is 21.7 Å². The fourth-order valence-corrected chi connectivity index (χ4v) is 2.09. The maximum atomic E-state index is 12.1. The molecule has 0 unspecified atom stereocenters. The van der Waals surface area contributed by atoms with E-state index in [0.29, 0.717) is 11.6 Å². The van der Waals surface area contributed by atoms with Crippen LogP contribution in [-0.4, -0.2) is 21.1 Å². The maximum absolute atomic E-state index is 12.1. The molecule has 6 heteroatoms. The van der Waals surface area contributed by atoms with Gasteiger partial charge in [0.15, 0.2) is 11.6 Å². The summed E-state index contributed by atoms with van der Waals surface area (Å²) in [5.74, 6) is 0.471. The van der Waals surface area contributed by atoms with Crippen molar-refractivity contribution in [2.45, 2.75) is 13.8 Å². The number of aromatic nitrogens is 3. The van der Waals surface area contributed by atoms with Gasteiger partial charge in [-0.3, -0.25) is 14.9 Å². The molecule has 0 atom stereocenters. The van der Waals surface area contributed by atoms with Gasteiger partial charge in [0.2, 0.25) is 0 Å². The fourth-order valence-electron chi connectivity index (χ4n) is 2.09. The topological polar surface area (TPSA) is 83.8 Å². The van der Waals surface area contributed by atoms with E-state index in [4.69, 9.17) is 4.42 Å². The Morgan fingerprint density at radius 2 is 2.00 bits per heavy atom. The van der Waals surface area contributed by atoms with Crippen molar-refractivity contribution in [3.63, 3.8) is 0 Å². The highest BCUT2D eigenvalue weighted by molar-refractivity contribution is 6.03. The number of pyridine rings is 1. The van der Waals surface area contributed by atoms with E-state index in [1.807, 2.05) is 26.0 Å². The van der Waals surface area contributed by atoms with Crippen molar-refractivity contribution in [2.24, 2.45) is 0 Å². The van der Waals surface area contributed by atoms with Crippen molar-refractivity contribution in [1.29, 1.82) is 0 Å². The van der Waals surface area contributed by atoms with Gasteiger partial charge in [-0.25, -0.2) is 0 Å². The Kier molecular flexibility index (Phi) is 3.27. The standard InChI is InChI=1S/C15H14N4O2/c1-9-5-8-21-13(9)15(20)17-14-10(2)12(18-19-14)11-3-6-16-7-4-11/h3-8H,1-2H3,(H2,17,18,19,20). The van der Waals surface area contributed by atoms with E-state index in [-0.39, 0.29) is 5.91 Å². The Morgan fingerprint density at radius 1 is 1.24 bits per heavy atom. The first-order valence-electron chi connectivity index (χ1n) is 6.47. The van der Waals surface area contributed by atoms with Crippen LogP contribution < -0.4 is 5.32 Å². The highest BCUT2D eigenvalue weighted by Gasteiger charge is 2.17. The number of anilines is 1. The number of furan rings is 1. The molecule has 0 aliphatic carbocycles. The molecule has 3 rings (SSSR count). The third-order valence-corrected chi connectivity index (χ3v) is 3.28. The van der Waals surface area contributed by atoms with E-state index < -0.39 is 0 Å². The van der Waals surface area contributed by atoms with Gasteiger partial charge in [0.1, 0.15) is 0 Å². The van der Waals surface area contributed by atoms with E-state index in [0.717, 1.165) is 22.4 Å². The molecule has 0 bridgehead atoms. The SMILES string of the molecule is Cc1ccoc1C(=O)Nc1n[nH]c(-c2ccncc2)c1C. The van der Waals surface area contributed by atoms with Crippen LogP contribution in [0.5, 0.6) is 0 Å². The molecule has 1 amide bonds. The van der Waals surface area contributed by atoms with Crippen LogP contribution in [0.4, 0.5) is 5.82 Å². The van der Waals surface area contributed by atoms with Crippen LogP contribution in [0, 0.1) is 13.8 Å². The van der Waals surface area contributed by atoms with E-state index in [1.54, 1.807) is 18.5 Å². The molecule has 0 aliphatic heterocycles. The predicted octanol–water partition coefficient (Wildman–Crippen LogP) is 2.93. The Hall–Kier alpha value is -2.89. The van der Waals surface area contributed by atoms with Gasteiger partial charge in [-0.2, -0.15) is 5.10 Å². The summed E-state index contributed by atoms with van der Waals surface area (Å²) in [7, 11) is 0. The Labute approximate surface area is 121 Å². The zero-order valence-electron chi connectivity index (χ0n) is 11.7. The molecule has 3 aromatic heterocycles. The Morgan fingerprint density at radius 3 is 2.67 bits per heavy atom. The number of rotatable bonds is 3. The van der Waals surface area contributed by atoms with Crippen LogP contribution in [-0.2, 0) is 0 Å². The average Bonchev–Trinajstić information content (AvgIpc) is 3.07. The van der Waals surface area contributed by atoms with Crippen LogP contribution >= 0.6 is 0 Å². The monoisotopic (exact) mass is 282 g/mol. The first-order chi connectivity index (χ1) is 10.2. The molecule has 0 fully saturated rings. The molecule has 3 aromatic rings. The summed E-state index contributed by atoms with van der Waals surface area (Å²) in [5.41, 5.74) is 3.46. The number of aromatic amines is 1. The summed E-state index contributed by atoms with van der Waals surface area (Å²) in [6.07, 6.45) is 4.91. The lowest BCUT2D eigenvalue weighted by Crippen LogP contribution is -2.13. The van der Waals surface area contributed by atoms with Crippen molar-refractivity contribution < 1.29 is 9.21 Å². The van der Waals surface area contributed by atoms with Gasteiger partial charge in [0, 0.05) is 29.1 Å². The average molecular weight is 282 g/mol. The second-order valence-corrected chi connectivity index (χ2v) is 4.69. The molecule has 106 valence electrons. The molecule has 0 radical (unpaired) electrons. The van der Waals surface area contributed by atoms with Gasteiger partial charge in [-0.1, -0.05) is 0 Å². The minimum atomic E-state index is -0.312. The number of carbonyl (C=O) groups excluding carboxylic acids is 1. The molecule has 2 N–H and O–H groups in total. The van der Waals surface area contributed by atoms with Gasteiger partial charge in [0.05, 0.1) is 12.0 Å². The Balaban J connectivity index is 1.87. The minimum Gasteiger partial charge on any atom is -0.459 e. The lowest BCUT2D eigenvalue weighted by Gasteiger charge is -2.02. The molecule has 6 nitrogen and oxygen atoms in total. The third kappa shape index (κ3) is 2.43. The predicted molar refractivity (Wildman–Crippen MR) is 78.0 cm³/mol. The van der Waals surface area contributed by atoms with Crippen LogP contribution in [0.3, 0.4) is 0 Å². The number of nitrogens with one attached hydrogen (secondary N) is 2. The lowest BCUT2D eigenvalue weighted by atomic mass is 10.1. The summed E-state index contributed by atoms with van der Waals surface area (Å²) in [4.78, 5) is 16.1. The number of nitrogens with zero attached hydrogens (tertiary/aromatic N) is 2. The van der Waals surface area contributed by atoms with Crippen molar-refractivity contribution in [3.05, 3.63) is 53.7 Å². The van der Waals surface area contributed by atoms with Crippen molar-refractivity contribution >= 4 is 11.7 Å². The van der Waals surface area contributed by atoms with Gasteiger partial charge in [-0.15, -0.1) is 0 Å².